The lowest BCUT2D eigenvalue weighted by atomic mass is 9.96. The number of rotatable bonds is 8. The Labute approximate surface area is 214 Å². The fraction of sp³-hybridized carbons (Fsp3) is 0.267. The van der Waals surface area contributed by atoms with Crippen LogP contribution in [-0.4, -0.2) is 50.4 Å². The highest BCUT2D eigenvalue weighted by Crippen LogP contribution is 2.34. The molecule has 6 heteroatoms. The lowest BCUT2D eigenvalue weighted by Gasteiger charge is -2.39. The van der Waals surface area contributed by atoms with E-state index in [1.54, 1.807) is 16.4 Å². The molecule has 186 valence electrons. The number of hydrogen-bond donors (Lipinski definition) is 0. The van der Waals surface area contributed by atoms with Gasteiger partial charge in [0.25, 0.3) is 0 Å². The fourth-order valence-corrected chi connectivity index (χ4v) is 6.65. The first-order chi connectivity index (χ1) is 17.6. The van der Waals surface area contributed by atoms with Crippen molar-refractivity contribution in [1.82, 2.24) is 9.21 Å². The Bertz CT molecular complexity index is 1360. The van der Waals surface area contributed by atoms with Crippen molar-refractivity contribution in [2.45, 2.75) is 24.3 Å². The van der Waals surface area contributed by atoms with E-state index in [0.29, 0.717) is 43.1 Å². The van der Waals surface area contributed by atoms with Crippen LogP contribution >= 0.6 is 0 Å². The summed E-state index contributed by atoms with van der Waals surface area (Å²) in [5.41, 5.74) is 2.43. The maximum absolute atomic E-state index is 13.8. The van der Waals surface area contributed by atoms with E-state index in [1.807, 2.05) is 36.4 Å². The molecule has 1 aliphatic rings. The molecule has 0 saturated carbocycles. The quantitative estimate of drug-likeness (QED) is 0.310. The summed E-state index contributed by atoms with van der Waals surface area (Å²) in [6.07, 6.45) is 0.894. The van der Waals surface area contributed by atoms with Crippen molar-refractivity contribution in [2.24, 2.45) is 0 Å². The van der Waals surface area contributed by atoms with E-state index in [1.165, 1.54) is 11.1 Å². The van der Waals surface area contributed by atoms with Crippen LogP contribution in [0.25, 0.3) is 10.8 Å². The lowest BCUT2D eigenvalue weighted by molar-refractivity contribution is 0.156. The van der Waals surface area contributed by atoms with Crippen LogP contribution in [0.3, 0.4) is 0 Å². The summed E-state index contributed by atoms with van der Waals surface area (Å²) < 4.78 is 35.1. The Morgan fingerprint density at radius 1 is 0.722 bits per heavy atom. The molecule has 1 fully saturated rings. The molecule has 1 heterocycles. The van der Waals surface area contributed by atoms with Crippen LogP contribution in [-0.2, 0) is 10.0 Å². The molecule has 0 radical (unpaired) electrons. The van der Waals surface area contributed by atoms with Crippen LogP contribution in [0.4, 0.5) is 0 Å². The number of hydrogen-bond acceptors (Lipinski definition) is 4. The molecule has 0 aliphatic carbocycles. The van der Waals surface area contributed by atoms with E-state index in [0.717, 1.165) is 17.6 Å². The first-order valence-corrected chi connectivity index (χ1v) is 14.0. The molecule has 0 spiro atoms. The van der Waals surface area contributed by atoms with Gasteiger partial charge in [-0.1, -0.05) is 91.9 Å². The van der Waals surface area contributed by atoms with Gasteiger partial charge in [0.15, 0.2) is 0 Å². The summed E-state index contributed by atoms with van der Waals surface area (Å²) in [6.45, 7) is 4.86. The van der Waals surface area contributed by atoms with Crippen LogP contribution in [0, 0.1) is 0 Å². The minimum absolute atomic E-state index is 0.0908. The topological polar surface area (TPSA) is 49.9 Å². The summed E-state index contributed by atoms with van der Waals surface area (Å²) in [5.74, 6) is 0.727. The van der Waals surface area contributed by atoms with Gasteiger partial charge in [0, 0.05) is 37.0 Å². The highest BCUT2D eigenvalue weighted by atomic mass is 32.2. The zero-order valence-corrected chi connectivity index (χ0v) is 21.4. The van der Waals surface area contributed by atoms with Gasteiger partial charge in [0.05, 0.1) is 17.5 Å². The molecular formula is C30H32N2O3S. The Hall–Kier alpha value is -3.19. The van der Waals surface area contributed by atoms with Crippen LogP contribution in [0.2, 0.25) is 0 Å². The molecule has 5 nitrogen and oxygen atoms in total. The third kappa shape index (κ3) is 4.89. The van der Waals surface area contributed by atoms with Crippen molar-refractivity contribution in [3.63, 3.8) is 0 Å². The van der Waals surface area contributed by atoms with Crippen molar-refractivity contribution in [3.8, 4) is 5.75 Å². The number of piperazine rings is 1. The van der Waals surface area contributed by atoms with Gasteiger partial charge in [0.1, 0.15) is 5.75 Å². The molecule has 4 aromatic carbocycles. The molecular weight excluding hydrogens is 468 g/mol. The predicted molar refractivity (Wildman–Crippen MR) is 145 cm³/mol. The highest BCUT2D eigenvalue weighted by Gasteiger charge is 2.33. The standard InChI is InChI=1S/C30H32N2O3S/c1-2-23-35-28-17-18-29(27-16-10-9-15-26(27)28)36(33,34)32-21-19-31(20-22-32)30(24-11-5-3-6-12-24)25-13-7-4-8-14-25/h3-18,30H,2,19-23H2,1H3. The van der Waals surface area contributed by atoms with Crippen LogP contribution < -0.4 is 4.74 Å². The van der Waals surface area contributed by atoms with Gasteiger partial charge in [-0.2, -0.15) is 4.31 Å². The number of ether oxygens (including phenoxy) is 1. The Morgan fingerprint density at radius 3 is 1.86 bits per heavy atom. The van der Waals surface area contributed by atoms with Gasteiger partial charge >= 0.3 is 0 Å². The minimum Gasteiger partial charge on any atom is -0.493 e. The molecule has 1 aliphatic heterocycles. The molecule has 0 bridgehead atoms. The second-order valence-corrected chi connectivity index (χ2v) is 11.0. The molecule has 0 amide bonds. The van der Waals surface area contributed by atoms with Crippen molar-refractivity contribution >= 4 is 20.8 Å². The van der Waals surface area contributed by atoms with Gasteiger partial charge in [-0.3, -0.25) is 4.90 Å². The zero-order valence-electron chi connectivity index (χ0n) is 20.6. The number of nitrogens with zero attached hydrogens (tertiary/aromatic N) is 2. The van der Waals surface area contributed by atoms with Crippen LogP contribution in [0.5, 0.6) is 5.75 Å². The molecule has 5 rings (SSSR count). The largest absolute Gasteiger partial charge is 0.493 e. The summed E-state index contributed by atoms with van der Waals surface area (Å²) in [4.78, 5) is 2.73. The van der Waals surface area contributed by atoms with E-state index in [4.69, 9.17) is 4.74 Å². The van der Waals surface area contributed by atoms with E-state index in [9.17, 15) is 8.42 Å². The lowest BCUT2D eigenvalue weighted by Crippen LogP contribution is -2.49. The van der Waals surface area contributed by atoms with Crippen molar-refractivity contribution in [2.75, 3.05) is 32.8 Å². The highest BCUT2D eigenvalue weighted by molar-refractivity contribution is 7.89. The first kappa shape index (κ1) is 24.5. The van der Waals surface area contributed by atoms with Crippen LogP contribution in [0.15, 0.2) is 102 Å². The van der Waals surface area contributed by atoms with Gasteiger partial charge in [-0.25, -0.2) is 8.42 Å². The predicted octanol–water partition coefficient (Wildman–Crippen LogP) is 5.72. The van der Waals surface area contributed by atoms with Crippen LogP contribution in [0.1, 0.15) is 30.5 Å². The summed E-state index contributed by atoms with van der Waals surface area (Å²) in [7, 11) is -3.65. The number of benzene rings is 4. The molecule has 1 saturated heterocycles. The second-order valence-electron chi connectivity index (χ2n) is 9.12. The molecule has 0 atom stereocenters. The van der Waals surface area contributed by atoms with Gasteiger partial charge in [0.2, 0.25) is 10.0 Å². The molecule has 36 heavy (non-hydrogen) atoms. The number of sulfonamides is 1. The maximum Gasteiger partial charge on any atom is 0.243 e. The van der Waals surface area contributed by atoms with Crippen molar-refractivity contribution in [1.29, 1.82) is 0 Å². The second kappa shape index (κ2) is 10.8. The van der Waals surface area contributed by atoms with E-state index in [-0.39, 0.29) is 6.04 Å². The van der Waals surface area contributed by atoms with Gasteiger partial charge < -0.3 is 4.74 Å². The van der Waals surface area contributed by atoms with Gasteiger partial charge in [-0.15, -0.1) is 0 Å². The zero-order chi connectivity index (χ0) is 25.0. The normalized spacial score (nSPS) is 15.4. The third-order valence-corrected chi connectivity index (χ3v) is 8.75. The number of fused-ring (bicyclic) bond motifs is 1. The maximum atomic E-state index is 13.8. The monoisotopic (exact) mass is 500 g/mol. The summed E-state index contributed by atoms with van der Waals surface area (Å²) in [6, 6.07) is 32.1. The molecule has 0 unspecified atom stereocenters. The van der Waals surface area contributed by atoms with E-state index in [2.05, 4.69) is 60.4 Å². The average molecular weight is 501 g/mol. The summed E-state index contributed by atoms with van der Waals surface area (Å²) in [5, 5.41) is 1.54. The van der Waals surface area contributed by atoms with E-state index >= 15 is 0 Å². The molecule has 4 aromatic rings. The smallest absolute Gasteiger partial charge is 0.243 e. The van der Waals surface area contributed by atoms with Crippen molar-refractivity contribution in [3.05, 3.63) is 108 Å². The Kier molecular flexibility index (Phi) is 7.37. The molecule has 0 N–H and O–H groups in total. The SMILES string of the molecule is CCCOc1ccc(S(=O)(=O)N2CCN(C(c3ccccc3)c3ccccc3)CC2)c2ccccc12. The van der Waals surface area contributed by atoms with E-state index < -0.39 is 10.0 Å². The Morgan fingerprint density at radius 2 is 1.28 bits per heavy atom. The third-order valence-electron chi connectivity index (χ3n) is 6.79. The summed E-state index contributed by atoms with van der Waals surface area (Å²) >= 11 is 0. The molecule has 0 aromatic heterocycles. The minimum atomic E-state index is -3.65. The average Bonchev–Trinajstić information content (AvgIpc) is 2.93. The fourth-order valence-electron chi connectivity index (χ4n) is 5.03. The van der Waals surface area contributed by atoms with Crippen molar-refractivity contribution < 1.29 is 13.2 Å². The van der Waals surface area contributed by atoms with Gasteiger partial charge in [-0.05, 0) is 29.7 Å². The first-order valence-electron chi connectivity index (χ1n) is 12.6. The Balaban J connectivity index is 1.40.